The molecule has 3 rings (SSSR count). The van der Waals surface area contributed by atoms with Crippen LogP contribution < -0.4 is 0 Å². The summed E-state index contributed by atoms with van der Waals surface area (Å²) in [5, 5.41) is 0. The van der Waals surface area contributed by atoms with E-state index in [-0.39, 0.29) is 28.2 Å². The van der Waals surface area contributed by atoms with Crippen molar-refractivity contribution in [3.8, 4) is 0 Å². The molecule has 26 heavy (non-hydrogen) atoms. The van der Waals surface area contributed by atoms with Gasteiger partial charge in [-0.15, -0.1) is 0 Å². The molecule has 1 heterocycles. The molecule has 136 valence electrons. The zero-order valence-corrected chi connectivity index (χ0v) is 14.5. The van der Waals surface area contributed by atoms with E-state index in [1.807, 2.05) is 0 Å². The number of rotatable bonds is 3. The molecule has 1 aromatic carbocycles. The average molecular weight is 381 g/mol. The van der Waals surface area contributed by atoms with Crippen molar-refractivity contribution in [3.05, 3.63) is 59.4 Å². The lowest BCUT2D eigenvalue weighted by molar-refractivity contribution is -0.141. The highest BCUT2D eigenvalue weighted by atomic mass is 32.2. The lowest BCUT2D eigenvalue weighted by Crippen LogP contribution is -2.09. The van der Waals surface area contributed by atoms with Crippen LogP contribution in [0.3, 0.4) is 0 Å². The molecule has 0 saturated carbocycles. The average Bonchev–Trinajstić information content (AvgIpc) is 2.95. The van der Waals surface area contributed by atoms with Crippen molar-refractivity contribution in [2.24, 2.45) is 0 Å². The normalized spacial score (nSPS) is 15.6. The number of Topliss-reactive ketones (excluding diaryl/α,β-unsaturated/α-hetero) is 1. The Morgan fingerprint density at radius 1 is 1.00 bits per heavy atom. The molecule has 0 saturated heterocycles. The largest absolute Gasteiger partial charge is 0.433 e. The SMILES string of the molecule is CS(=O)(=O)c1ccc(C2=C(c3ccnc(C(F)(F)F)c3)C(=O)CC2)cc1. The van der Waals surface area contributed by atoms with E-state index in [1.54, 1.807) is 12.1 Å². The van der Waals surface area contributed by atoms with Gasteiger partial charge < -0.3 is 0 Å². The molecule has 1 aliphatic carbocycles. The molecule has 0 radical (unpaired) electrons. The summed E-state index contributed by atoms with van der Waals surface area (Å²) < 4.78 is 61.8. The van der Waals surface area contributed by atoms with E-state index in [9.17, 15) is 26.4 Å². The van der Waals surface area contributed by atoms with Crippen molar-refractivity contribution >= 4 is 26.8 Å². The quantitative estimate of drug-likeness (QED) is 0.812. The molecule has 0 fully saturated rings. The Morgan fingerprint density at radius 2 is 1.65 bits per heavy atom. The summed E-state index contributed by atoms with van der Waals surface area (Å²) in [4.78, 5) is 15.7. The second kappa shape index (κ2) is 6.35. The minimum Gasteiger partial charge on any atom is -0.294 e. The molecule has 1 aromatic heterocycles. The molecule has 0 unspecified atom stereocenters. The second-order valence-electron chi connectivity index (χ2n) is 6.00. The van der Waals surface area contributed by atoms with Gasteiger partial charge >= 0.3 is 6.18 Å². The van der Waals surface area contributed by atoms with Crippen molar-refractivity contribution < 1.29 is 26.4 Å². The number of carbonyl (C=O) groups is 1. The van der Waals surface area contributed by atoms with Gasteiger partial charge in [0.15, 0.2) is 15.6 Å². The van der Waals surface area contributed by atoms with Crippen molar-refractivity contribution in [2.45, 2.75) is 23.9 Å². The topological polar surface area (TPSA) is 64.1 Å². The zero-order valence-electron chi connectivity index (χ0n) is 13.7. The summed E-state index contributed by atoms with van der Waals surface area (Å²) in [5.41, 5.74) is 0.550. The molecule has 4 nitrogen and oxygen atoms in total. The number of nitrogens with zero attached hydrogens (tertiary/aromatic N) is 1. The predicted octanol–water partition coefficient (Wildman–Crippen LogP) is 3.78. The van der Waals surface area contributed by atoms with Gasteiger partial charge in [-0.2, -0.15) is 13.2 Å². The van der Waals surface area contributed by atoms with Gasteiger partial charge in [0.05, 0.1) is 4.90 Å². The maximum atomic E-state index is 12.9. The van der Waals surface area contributed by atoms with E-state index in [4.69, 9.17) is 0 Å². The highest BCUT2D eigenvalue weighted by Gasteiger charge is 2.34. The molecule has 0 spiro atoms. The maximum absolute atomic E-state index is 12.9. The van der Waals surface area contributed by atoms with E-state index in [0.29, 0.717) is 17.6 Å². The lowest BCUT2D eigenvalue weighted by Gasteiger charge is -2.10. The number of hydrogen-bond donors (Lipinski definition) is 0. The summed E-state index contributed by atoms with van der Waals surface area (Å²) in [6, 6.07) is 8.21. The number of aromatic nitrogens is 1. The molecule has 1 aliphatic rings. The van der Waals surface area contributed by atoms with Gasteiger partial charge in [0.25, 0.3) is 0 Å². The second-order valence-corrected chi connectivity index (χ2v) is 8.02. The van der Waals surface area contributed by atoms with Crippen LogP contribution in [0.1, 0.15) is 29.7 Å². The number of benzene rings is 1. The summed E-state index contributed by atoms with van der Waals surface area (Å²) in [6.07, 6.45) is -1.91. The van der Waals surface area contributed by atoms with Crippen LogP contribution in [0.15, 0.2) is 47.5 Å². The van der Waals surface area contributed by atoms with Crippen molar-refractivity contribution in [2.75, 3.05) is 6.26 Å². The van der Waals surface area contributed by atoms with E-state index in [0.717, 1.165) is 18.5 Å². The minimum atomic E-state index is -4.60. The number of hydrogen-bond acceptors (Lipinski definition) is 4. The number of ketones is 1. The molecule has 0 bridgehead atoms. The van der Waals surface area contributed by atoms with Gasteiger partial charge in [-0.05, 0) is 47.4 Å². The van der Waals surface area contributed by atoms with Crippen LogP contribution >= 0.6 is 0 Å². The number of carbonyl (C=O) groups excluding carboxylic acids is 1. The fraction of sp³-hybridized carbons (Fsp3) is 0.222. The predicted molar refractivity (Wildman–Crippen MR) is 89.8 cm³/mol. The number of allylic oxidation sites excluding steroid dienone is 2. The first-order valence-electron chi connectivity index (χ1n) is 7.68. The Morgan fingerprint density at radius 3 is 2.23 bits per heavy atom. The first-order valence-corrected chi connectivity index (χ1v) is 9.57. The lowest BCUT2D eigenvalue weighted by atomic mass is 9.97. The van der Waals surface area contributed by atoms with Crippen LogP contribution in [0.5, 0.6) is 0 Å². The zero-order chi connectivity index (χ0) is 19.1. The van der Waals surface area contributed by atoms with Crippen molar-refractivity contribution in [3.63, 3.8) is 0 Å². The van der Waals surface area contributed by atoms with E-state index < -0.39 is 21.7 Å². The van der Waals surface area contributed by atoms with Crippen LogP contribution in [-0.2, 0) is 20.8 Å². The third-order valence-electron chi connectivity index (χ3n) is 4.15. The number of halogens is 3. The Hall–Kier alpha value is -2.48. The summed E-state index contributed by atoms with van der Waals surface area (Å²) >= 11 is 0. The van der Waals surface area contributed by atoms with Crippen LogP contribution in [0.2, 0.25) is 0 Å². The molecule has 8 heteroatoms. The van der Waals surface area contributed by atoms with Gasteiger partial charge in [-0.1, -0.05) is 12.1 Å². The fourth-order valence-corrected chi connectivity index (χ4v) is 3.56. The molecule has 0 aliphatic heterocycles. The number of pyridine rings is 1. The molecule has 0 amide bonds. The molecular formula is C18H14F3NO3S. The smallest absolute Gasteiger partial charge is 0.294 e. The van der Waals surface area contributed by atoms with Gasteiger partial charge in [0.1, 0.15) is 5.69 Å². The maximum Gasteiger partial charge on any atom is 0.433 e. The van der Waals surface area contributed by atoms with Crippen LogP contribution in [0.4, 0.5) is 13.2 Å². The third kappa shape index (κ3) is 3.55. The Labute approximate surface area is 148 Å². The van der Waals surface area contributed by atoms with Gasteiger partial charge in [0.2, 0.25) is 0 Å². The Balaban J connectivity index is 2.11. The standard InChI is InChI=1S/C18H14F3NO3S/c1-26(24,25)13-4-2-11(3-5-13)14-6-7-15(23)17(14)12-8-9-22-16(10-12)18(19,20)21/h2-5,8-10H,6-7H2,1H3. The highest BCUT2D eigenvalue weighted by Crippen LogP contribution is 2.39. The minimum absolute atomic E-state index is 0.135. The van der Waals surface area contributed by atoms with E-state index >= 15 is 0 Å². The summed E-state index contributed by atoms with van der Waals surface area (Å²) in [5.74, 6) is -0.244. The van der Waals surface area contributed by atoms with Gasteiger partial charge in [-0.25, -0.2) is 8.42 Å². The van der Waals surface area contributed by atoms with Crippen LogP contribution in [0, 0.1) is 0 Å². The van der Waals surface area contributed by atoms with Gasteiger partial charge in [0, 0.05) is 24.4 Å². The number of alkyl halides is 3. The van der Waals surface area contributed by atoms with Gasteiger partial charge in [-0.3, -0.25) is 9.78 Å². The Bertz CT molecular complexity index is 1010. The first-order chi connectivity index (χ1) is 12.1. The number of sulfone groups is 1. The van der Waals surface area contributed by atoms with Crippen LogP contribution in [-0.4, -0.2) is 25.4 Å². The first kappa shape index (κ1) is 18.3. The summed E-state index contributed by atoms with van der Waals surface area (Å²) in [6.45, 7) is 0. The molecule has 0 N–H and O–H groups in total. The third-order valence-corrected chi connectivity index (χ3v) is 5.28. The molecule has 2 aromatic rings. The molecular weight excluding hydrogens is 367 g/mol. The Kier molecular flexibility index (Phi) is 4.47. The van der Waals surface area contributed by atoms with Crippen LogP contribution in [0.25, 0.3) is 11.1 Å². The van der Waals surface area contributed by atoms with E-state index in [1.165, 1.54) is 18.2 Å². The highest BCUT2D eigenvalue weighted by molar-refractivity contribution is 7.90. The van der Waals surface area contributed by atoms with E-state index in [2.05, 4.69) is 4.98 Å². The monoisotopic (exact) mass is 381 g/mol. The summed E-state index contributed by atoms with van der Waals surface area (Å²) in [7, 11) is -3.36. The van der Waals surface area contributed by atoms with Crippen molar-refractivity contribution in [1.82, 2.24) is 4.98 Å². The molecule has 0 atom stereocenters. The van der Waals surface area contributed by atoms with Crippen molar-refractivity contribution in [1.29, 1.82) is 0 Å². The fourth-order valence-electron chi connectivity index (χ4n) is 2.93.